The standard InChI is InChI=1S/C15H23N3O2/c1-12(2)17(10-11-19)8-5-9-18-14-7-4-3-6-13(14)16-15(18)20/h3-4,6-7,12,19H,5,8-11H2,1-2H3,(H,16,20). The third kappa shape index (κ3) is 3.29. The van der Waals surface area contributed by atoms with Crippen molar-refractivity contribution in [1.29, 1.82) is 0 Å². The van der Waals surface area contributed by atoms with Crippen molar-refractivity contribution in [3.05, 3.63) is 34.7 Å². The van der Waals surface area contributed by atoms with Crippen molar-refractivity contribution in [3.63, 3.8) is 0 Å². The predicted molar refractivity (Wildman–Crippen MR) is 81.0 cm³/mol. The topological polar surface area (TPSA) is 61.3 Å². The highest BCUT2D eigenvalue weighted by atomic mass is 16.3. The third-order valence-electron chi connectivity index (χ3n) is 3.63. The Morgan fingerprint density at radius 1 is 1.30 bits per heavy atom. The first-order chi connectivity index (χ1) is 9.63. The van der Waals surface area contributed by atoms with Crippen LogP contribution in [-0.2, 0) is 6.54 Å². The summed E-state index contributed by atoms with van der Waals surface area (Å²) in [4.78, 5) is 17.0. The second kappa shape index (κ2) is 6.72. The van der Waals surface area contributed by atoms with E-state index in [1.54, 1.807) is 4.57 Å². The number of nitrogens with zero attached hydrogens (tertiary/aromatic N) is 2. The molecule has 0 saturated carbocycles. The summed E-state index contributed by atoms with van der Waals surface area (Å²) in [5, 5.41) is 9.05. The van der Waals surface area contributed by atoms with Gasteiger partial charge in [0.1, 0.15) is 0 Å². The van der Waals surface area contributed by atoms with Crippen LogP contribution in [0.2, 0.25) is 0 Å². The van der Waals surface area contributed by atoms with Crippen LogP contribution in [0.4, 0.5) is 0 Å². The molecule has 2 aromatic rings. The van der Waals surface area contributed by atoms with E-state index in [9.17, 15) is 4.79 Å². The maximum atomic E-state index is 11.9. The summed E-state index contributed by atoms with van der Waals surface area (Å²) in [7, 11) is 0. The molecule has 20 heavy (non-hydrogen) atoms. The van der Waals surface area contributed by atoms with Crippen LogP contribution in [-0.4, -0.2) is 45.3 Å². The van der Waals surface area contributed by atoms with E-state index in [0.29, 0.717) is 19.1 Å². The number of aromatic nitrogens is 2. The van der Waals surface area contributed by atoms with Gasteiger partial charge in [-0.1, -0.05) is 12.1 Å². The minimum absolute atomic E-state index is 0.0514. The first-order valence-electron chi connectivity index (χ1n) is 7.16. The molecule has 0 radical (unpaired) electrons. The number of fused-ring (bicyclic) bond motifs is 1. The molecule has 0 fully saturated rings. The van der Waals surface area contributed by atoms with Crippen molar-refractivity contribution in [3.8, 4) is 0 Å². The highest BCUT2D eigenvalue weighted by Crippen LogP contribution is 2.09. The Balaban J connectivity index is 2.02. The quantitative estimate of drug-likeness (QED) is 0.804. The van der Waals surface area contributed by atoms with Gasteiger partial charge in [-0.15, -0.1) is 0 Å². The monoisotopic (exact) mass is 277 g/mol. The SMILES string of the molecule is CC(C)N(CCO)CCCn1c(=O)[nH]c2ccccc21. The summed E-state index contributed by atoms with van der Waals surface area (Å²) in [6.45, 7) is 6.66. The fourth-order valence-corrected chi connectivity index (χ4v) is 2.52. The maximum Gasteiger partial charge on any atom is 0.326 e. The van der Waals surface area contributed by atoms with Crippen molar-refractivity contribution in [2.45, 2.75) is 32.9 Å². The largest absolute Gasteiger partial charge is 0.395 e. The molecule has 110 valence electrons. The van der Waals surface area contributed by atoms with Gasteiger partial charge in [0.05, 0.1) is 17.6 Å². The molecule has 5 heteroatoms. The van der Waals surface area contributed by atoms with E-state index in [2.05, 4.69) is 23.7 Å². The summed E-state index contributed by atoms with van der Waals surface area (Å²) < 4.78 is 1.78. The minimum atomic E-state index is -0.0514. The van der Waals surface area contributed by atoms with Gasteiger partial charge in [0.25, 0.3) is 0 Å². The molecule has 1 aromatic heterocycles. The second-order valence-electron chi connectivity index (χ2n) is 5.31. The molecule has 0 saturated heterocycles. The first-order valence-corrected chi connectivity index (χ1v) is 7.16. The zero-order valence-corrected chi connectivity index (χ0v) is 12.2. The molecular formula is C15H23N3O2. The number of hydrogen-bond acceptors (Lipinski definition) is 3. The molecule has 0 bridgehead atoms. The van der Waals surface area contributed by atoms with Crippen LogP contribution in [0, 0.1) is 0 Å². The number of benzene rings is 1. The molecule has 5 nitrogen and oxygen atoms in total. The van der Waals surface area contributed by atoms with Crippen molar-refractivity contribution in [1.82, 2.24) is 14.5 Å². The lowest BCUT2D eigenvalue weighted by atomic mass is 10.2. The molecular weight excluding hydrogens is 254 g/mol. The summed E-state index contributed by atoms with van der Waals surface area (Å²) in [5.74, 6) is 0. The average molecular weight is 277 g/mol. The number of aromatic amines is 1. The highest BCUT2D eigenvalue weighted by Gasteiger charge is 2.10. The second-order valence-corrected chi connectivity index (χ2v) is 5.31. The Labute approximate surface area is 118 Å². The lowest BCUT2D eigenvalue weighted by molar-refractivity contribution is 0.162. The molecule has 0 atom stereocenters. The smallest absolute Gasteiger partial charge is 0.326 e. The number of hydrogen-bond donors (Lipinski definition) is 2. The Kier molecular flexibility index (Phi) is 4.98. The van der Waals surface area contributed by atoms with Crippen molar-refractivity contribution in [2.24, 2.45) is 0 Å². The number of imidazole rings is 1. The zero-order valence-electron chi connectivity index (χ0n) is 12.2. The van der Waals surface area contributed by atoms with Crippen molar-refractivity contribution in [2.75, 3.05) is 19.7 Å². The molecule has 1 heterocycles. The van der Waals surface area contributed by atoms with Gasteiger partial charge in [0.15, 0.2) is 0 Å². The van der Waals surface area contributed by atoms with E-state index in [-0.39, 0.29) is 12.3 Å². The van der Waals surface area contributed by atoms with E-state index < -0.39 is 0 Å². The number of rotatable bonds is 7. The Morgan fingerprint density at radius 2 is 2.05 bits per heavy atom. The zero-order chi connectivity index (χ0) is 14.5. The van der Waals surface area contributed by atoms with Gasteiger partial charge >= 0.3 is 5.69 Å². The van der Waals surface area contributed by atoms with Crippen LogP contribution in [0.5, 0.6) is 0 Å². The number of para-hydroxylation sites is 2. The van der Waals surface area contributed by atoms with Crippen LogP contribution < -0.4 is 5.69 Å². The normalized spacial score (nSPS) is 11.8. The van der Waals surface area contributed by atoms with Gasteiger partial charge < -0.3 is 10.1 Å². The molecule has 0 amide bonds. The fourth-order valence-electron chi connectivity index (χ4n) is 2.52. The minimum Gasteiger partial charge on any atom is -0.395 e. The van der Waals surface area contributed by atoms with E-state index in [4.69, 9.17) is 5.11 Å². The molecule has 0 spiro atoms. The van der Waals surface area contributed by atoms with Gasteiger partial charge in [-0.25, -0.2) is 4.79 Å². The lowest BCUT2D eigenvalue weighted by Crippen LogP contribution is -2.35. The van der Waals surface area contributed by atoms with Gasteiger partial charge in [-0.05, 0) is 32.4 Å². The van der Waals surface area contributed by atoms with E-state index in [1.165, 1.54) is 0 Å². The summed E-state index contributed by atoms with van der Waals surface area (Å²) in [6, 6.07) is 8.14. The van der Waals surface area contributed by atoms with Crippen LogP contribution in [0.15, 0.2) is 29.1 Å². The molecule has 0 aliphatic rings. The van der Waals surface area contributed by atoms with E-state index >= 15 is 0 Å². The average Bonchev–Trinajstić information content (AvgIpc) is 2.74. The van der Waals surface area contributed by atoms with Gasteiger partial charge in [-0.2, -0.15) is 0 Å². The Morgan fingerprint density at radius 3 is 2.75 bits per heavy atom. The summed E-state index contributed by atoms with van der Waals surface area (Å²) >= 11 is 0. The van der Waals surface area contributed by atoms with Crippen LogP contribution >= 0.6 is 0 Å². The van der Waals surface area contributed by atoms with Gasteiger partial charge in [-0.3, -0.25) is 9.47 Å². The summed E-state index contributed by atoms with van der Waals surface area (Å²) in [5.41, 5.74) is 1.79. The lowest BCUT2D eigenvalue weighted by Gasteiger charge is -2.25. The summed E-state index contributed by atoms with van der Waals surface area (Å²) in [6.07, 6.45) is 0.889. The highest BCUT2D eigenvalue weighted by molar-refractivity contribution is 5.74. The number of nitrogens with one attached hydrogen (secondary N) is 1. The number of H-pyrrole nitrogens is 1. The number of aliphatic hydroxyl groups is 1. The predicted octanol–water partition coefficient (Wildman–Crippen LogP) is 1.42. The van der Waals surface area contributed by atoms with Gasteiger partial charge in [0, 0.05) is 25.7 Å². The molecule has 0 aliphatic carbocycles. The van der Waals surface area contributed by atoms with E-state index in [0.717, 1.165) is 24.0 Å². The molecule has 2 rings (SSSR count). The van der Waals surface area contributed by atoms with Crippen LogP contribution in [0.25, 0.3) is 11.0 Å². The Hall–Kier alpha value is -1.59. The molecule has 2 N–H and O–H groups in total. The molecule has 0 aliphatic heterocycles. The Bertz CT molecular complexity index is 600. The van der Waals surface area contributed by atoms with Crippen molar-refractivity contribution < 1.29 is 5.11 Å². The number of aliphatic hydroxyl groups excluding tert-OH is 1. The van der Waals surface area contributed by atoms with E-state index in [1.807, 2.05) is 24.3 Å². The van der Waals surface area contributed by atoms with Gasteiger partial charge in [0.2, 0.25) is 0 Å². The first kappa shape index (κ1) is 14.8. The number of aryl methyl sites for hydroxylation is 1. The van der Waals surface area contributed by atoms with Crippen LogP contribution in [0.1, 0.15) is 20.3 Å². The molecule has 0 unspecified atom stereocenters. The fraction of sp³-hybridized carbons (Fsp3) is 0.533. The molecule has 1 aromatic carbocycles. The van der Waals surface area contributed by atoms with Crippen molar-refractivity contribution >= 4 is 11.0 Å². The maximum absolute atomic E-state index is 11.9. The van der Waals surface area contributed by atoms with Crippen LogP contribution in [0.3, 0.4) is 0 Å². The third-order valence-corrected chi connectivity index (χ3v) is 3.63.